The van der Waals surface area contributed by atoms with Crippen LogP contribution in [0.3, 0.4) is 0 Å². The first-order valence-electron chi connectivity index (χ1n) is 48.6. The maximum atomic E-state index is 13.7. The molecule has 3 aliphatic rings. The highest BCUT2D eigenvalue weighted by atomic mass is 19.2. The lowest BCUT2D eigenvalue weighted by Crippen LogP contribution is -2.43. The van der Waals surface area contributed by atoms with Crippen molar-refractivity contribution < 1.29 is 163 Å². The summed E-state index contributed by atoms with van der Waals surface area (Å²) in [4.78, 5) is 0. The predicted octanol–water partition coefficient (Wildman–Crippen LogP) is 14.1. The fourth-order valence-electron chi connectivity index (χ4n) is 14.0. The van der Waals surface area contributed by atoms with E-state index < -0.39 is 73.1 Å². The van der Waals surface area contributed by atoms with Crippen LogP contribution in [0.15, 0.2) is 158 Å². The first-order valence-corrected chi connectivity index (χ1v) is 48.6. The van der Waals surface area contributed by atoms with Gasteiger partial charge in [-0.2, -0.15) is 0 Å². The van der Waals surface area contributed by atoms with Crippen LogP contribution < -0.4 is 38.2 Å². The summed E-state index contributed by atoms with van der Waals surface area (Å²) in [5.74, 6) is -2.40. The van der Waals surface area contributed by atoms with E-state index in [9.17, 15) is 35.8 Å². The molecule has 8 aromatic rings. The molecule has 3 saturated heterocycles. The molecule has 0 saturated carbocycles. The van der Waals surface area contributed by atoms with Gasteiger partial charge in [0, 0.05) is 79.8 Å². The summed E-state index contributed by atoms with van der Waals surface area (Å²) in [5.41, 5.74) is 9.23. The van der Waals surface area contributed by atoms with Crippen molar-refractivity contribution in [2.45, 2.75) is 272 Å². The van der Waals surface area contributed by atoms with Crippen LogP contribution >= 0.6 is 0 Å². The number of hydrogen-bond acceptors (Lipinski definition) is 28. The van der Waals surface area contributed by atoms with E-state index in [1.807, 2.05) is 162 Å². The standard InChI is InChI=1S/C19H22BFO4.C17H26BFO4.C17H28BFO4.C13H18BFO4.C13H20BFO4.C12H18BFO4.C11H16BFO4/c1-3-22-14(2)23-12-16-11-17(21)9-10-18(16)20-24-13-19(25-20)15-7-5-4-6-8-15;1-7-20-12(2)21-11-13-10-14(19)8-9-15(13)18-22-16(3,4)17(5,6)23-18;1-7-20-14(6)21-11-15-10-16(19)8-9-17(15)18(22-12(2)3)23-13(4)5;1-3-16-10(2)17-9-11-8-12(15)4-5-13(11)14-18-6-7-19-14;1-5-18-10(2)19-9-11-8-12(15)6-7-13(11)14(16-3)17-4;1-4-17-9(2)18-8-10-7-11(14)5-6-12(10)13(15)16-3;1-3-16-8(2)17-7-9-6-10(13)4-5-11(9)12(14)15/h4-11,14,19H,3,12-13H2,1-2H3;8-10,12H,7,11H2,1-6H3;8-10,12-14H,7,11H2,1-6H3;4-5,8,10H,3,6-7,9H2,1-2H3;6-8,10H,5,9H2,1-4H3;5-7,9,15H,4,8H2,1-3H3;4-6,8,14-15H,3,7H2,1-2H3. The van der Waals surface area contributed by atoms with Crippen LogP contribution in [-0.2, 0) is 164 Å². The summed E-state index contributed by atoms with van der Waals surface area (Å²) in [7, 11) is -0.895. The van der Waals surface area contributed by atoms with Crippen molar-refractivity contribution in [2.75, 3.05) is 87.4 Å². The van der Waals surface area contributed by atoms with Crippen molar-refractivity contribution in [1.29, 1.82) is 0 Å². The molecular formula is C102H148B7F7O28. The molecule has 3 heterocycles. The zero-order valence-corrected chi connectivity index (χ0v) is 88.0. The van der Waals surface area contributed by atoms with Crippen molar-refractivity contribution in [1.82, 2.24) is 0 Å². The van der Waals surface area contributed by atoms with Crippen LogP contribution in [0.25, 0.3) is 0 Å². The van der Waals surface area contributed by atoms with E-state index in [1.165, 1.54) is 118 Å². The molecule has 0 amide bonds. The first-order chi connectivity index (χ1) is 68.6. The molecule has 8 unspecified atom stereocenters. The third-order valence-electron chi connectivity index (χ3n) is 21.8. The Labute approximate surface area is 849 Å². The second-order valence-corrected chi connectivity index (χ2v) is 34.1. The monoisotopic (exact) mass is 2030 g/mol. The highest BCUT2D eigenvalue weighted by molar-refractivity contribution is 6.64. The Morgan fingerprint density at radius 3 is 0.896 bits per heavy atom. The van der Waals surface area contributed by atoms with E-state index in [1.54, 1.807) is 51.1 Å². The average Bonchev–Trinajstić information content (AvgIpc) is 1.61. The van der Waals surface area contributed by atoms with E-state index in [2.05, 4.69) is 0 Å². The third kappa shape index (κ3) is 46.0. The number of rotatable bonds is 50. The average molecular weight is 2030 g/mol. The maximum Gasteiger partial charge on any atom is 0.495 e. The topological polar surface area (TPSA) is 291 Å². The van der Waals surface area contributed by atoms with Crippen LogP contribution in [0.2, 0.25) is 0 Å². The summed E-state index contributed by atoms with van der Waals surface area (Å²) < 4.78 is 231. The van der Waals surface area contributed by atoms with Crippen molar-refractivity contribution in [3.63, 3.8) is 0 Å². The molecule has 3 N–H and O–H groups in total. The van der Waals surface area contributed by atoms with Gasteiger partial charge in [-0.1, -0.05) is 72.8 Å². The molecule has 42 heteroatoms. The first kappa shape index (κ1) is 127. The molecule has 0 spiro atoms. The maximum absolute atomic E-state index is 13.7. The van der Waals surface area contributed by atoms with Crippen LogP contribution in [0.1, 0.15) is 203 Å². The Balaban J connectivity index is 0.000000297. The van der Waals surface area contributed by atoms with Gasteiger partial charge in [-0.05, 0) is 320 Å². The molecule has 11 rings (SSSR count). The van der Waals surface area contributed by atoms with Crippen LogP contribution in [0, 0.1) is 40.7 Å². The lowest BCUT2D eigenvalue weighted by atomic mass is 9.75. The highest BCUT2D eigenvalue weighted by Crippen LogP contribution is 2.37. The van der Waals surface area contributed by atoms with Crippen molar-refractivity contribution in [3.05, 3.63) is 243 Å². The van der Waals surface area contributed by atoms with E-state index in [4.69, 9.17) is 128 Å². The molecule has 0 radical (unpaired) electrons. The summed E-state index contributed by atoms with van der Waals surface area (Å²) >= 11 is 0. The van der Waals surface area contributed by atoms with E-state index >= 15 is 0 Å². The summed E-state index contributed by atoms with van der Waals surface area (Å²) in [6, 6.07) is 40.3. The summed E-state index contributed by atoms with van der Waals surface area (Å²) in [6.07, 6.45) is -2.70. The fourth-order valence-corrected chi connectivity index (χ4v) is 14.0. The number of halogens is 7. The van der Waals surface area contributed by atoms with Crippen molar-refractivity contribution in [2.24, 2.45) is 0 Å². The minimum Gasteiger partial charge on any atom is -0.423 e. The Morgan fingerprint density at radius 1 is 0.319 bits per heavy atom. The molecule has 3 fully saturated rings. The number of hydrogen-bond donors (Lipinski definition) is 3. The molecular weight excluding hydrogens is 1880 g/mol. The largest absolute Gasteiger partial charge is 0.495 e. The quantitative estimate of drug-likeness (QED) is 0.0181. The minimum absolute atomic E-state index is 0.0140. The molecule has 144 heavy (non-hydrogen) atoms. The number of benzene rings is 8. The minimum atomic E-state index is -1.64. The van der Waals surface area contributed by atoms with Gasteiger partial charge in [0.1, 0.15) is 40.7 Å². The third-order valence-corrected chi connectivity index (χ3v) is 21.8. The van der Waals surface area contributed by atoms with Gasteiger partial charge >= 0.3 is 49.8 Å². The van der Waals surface area contributed by atoms with E-state index in [-0.39, 0.29) is 143 Å². The Bertz CT molecular complexity index is 4730. The molecule has 28 nitrogen and oxygen atoms in total. The number of ether oxygens (including phenoxy) is 14. The predicted molar refractivity (Wildman–Crippen MR) is 542 cm³/mol. The van der Waals surface area contributed by atoms with Gasteiger partial charge in [0.2, 0.25) is 0 Å². The van der Waals surface area contributed by atoms with E-state index in [0.29, 0.717) is 105 Å². The van der Waals surface area contributed by atoms with Crippen LogP contribution in [0.4, 0.5) is 30.7 Å². The smallest absolute Gasteiger partial charge is 0.423 e. The van der Waals surface area contributed by atoms with E-state index in [0.717, 1.165) is 38.4 Å². The molecule has 0 aliphatic carbocycles. The fraction of sp³-hybridized carbons (Fsp3) is 0.529. The second kappa shape index (κ2) is 68.3. The van der Waals surface area contributed by atoms with Gasteiger partial charge in [0.25, 0.3) is 0 Å². The molecule has 8 atom stereocenters. The zero-order valence-electron chi connectivity index (χ0n) is 88.0. The van der Waals surface area contributed by atoms with Gasteiger partial charge in [0.05, 0.1) is 83.4 Å². The molecule has 0 aromatic heterocycles. The second-order valence-electron chi connectivity index (χ2n) is 34.1. The SMILES string of the molecule is CCOC(C)OCc1cc(F)ccc1B(O)O.CCOC(C)OCc1cc(F)ccc1B(O)OC.CCOC(C)OCc1cc(F)ccc1B(OC(C)C)OC(C)C.CCOC(C)OCc1cc(F)ccc1B(OC)OC.CCOC(C)OCc1cc(F)ccc1B1OC(C)(C)C(C)(C)O1.CCOC(C)OCc1cc(F)ccc1B1OCC(c2ccccc2)O1.CCOC(C)OCc1cc(F)ccc1B1OCCO1. The molecule has 3 aliphatic heterocycles. The van der Waals surface area contributed by atoms with Gasteiger partial charge < -0.3 is 133 Å². The summed E-state index contributed by atoms with van der Waals surface area (Å²) in [5, 5.41) is 27.9. The van der Waals surface area contributed by atoms with Gasteiger partial charge in [-0.3, -0.25) is 0 Å². The highest BCUT2D eigenvalue weighted by Gasteiger charge is 2.52. The zero-order chi connectivity index (χ0) is 107. The molecule has 794 valence electrons. The van der Waals surface area contributed by atoms with Crippen molar-refractivity contribution in [3.8, 4) is 0 Å². The Kier molecular flexibility index (Phi) is 60.3. The van der Waals surface area contributed by atoms with Gasteiger partial charge in [-0.25, -0.2) is 30.7 Å². The van der Waals surface area contributed by atoms with Crippen LogP contribution in [-0.4, -0.2) is 220 Å². The lowest BCUT2D eigenvalue weighted by Gasteiger charge is -2.32. The Hall–Kier alpha value is -7.40. The normalized spacial score (nSPS) is 15.5. The molecule has 0 bridgehead atoms. The van der Waals surface area contributed by atoms with Gasteiger partial charge in [0.15, 0.2) is 44.0 Å². The lowest BCUT2D eigenvalue weighted by molar-refractivity contribution is -0.134. The van der Waals surface area contributed by atoms with Gasteiger partial charge in [-0.15, -0.1) is 0 Å². The Morgan fingerprint density at radius 2 is 0.590 bits per heavy atom. The molecule has 8 aromatic carbocycles. The summed E-state index contributed by atoms with van der Waals surface area (Å²) in [6.45, 7) is 48.3. The van der Waals surface area contributed by atoms with Crippen LogP contribution in [0.5, 0.6) is 0 Å². The van der Waals surface area contributed by atoms with Crippen molar-refractivity contribution >= 4 is 88.1 Å².